The minimum Gasteiger partial charge on any atom is -0.472 e. The number of hydrogen-bond acceptors (Lipinski definition) is 4. The highest BCUT2D eigenvalue weighted by molar-refractivity contribution is 5.97. The second-order valence-corrected chi connectivity index (χ2v) is 5.16. The first-order valence-corrected chi connectivity index (χ1v) is 7.23. The highest BCUT2D eigenvalue weighted by Gasteiger charge is 2.19. The van der Waals surface area contributed by atoms with Gasteiger partial charge in [-0.1, -0.05) is 0 Å². The average molecular weight is 277 g/mol. The van der Waals surface area contributed by atoms with Gasteiger partial charge in [0.15, 0.2) is 0 Å². The molecule has 3 N–H and O–H groups in total. The summed E-state index contributed by atoms with van der Waals surface area (Å²) in [7, 11) is 0. The standard InChI is InChI=1S/C15H23N3O2/c1-3-19-9-10(2)20-15-12(14(16)17)8-11-6-4-5-7-13(11)18-15/h8,10H,3-7,9H2,1-2H3,(H3,16,17). The third-order valence-electron chi connectivity index (χ3n) is 3.43. The van der Waals surface area contributed by atoms with E-state index in [-0.39, 0.29) is 11.9 Å². The summed E-state index contributed by atoms with van der Waals surface area (Å²) in [4.78, 5) is 4.58. The van der Waals surface area contributed by atoms with E-state index in [1.807, 2.05) is 19.9 Å². The molecule has 5 heteroatoms. The summed E-state index contributed by atoms with van der Waals surface area (Å²) in [6.07, 6.45) is 4.21. The molecule has 20 heavy (non-hydrogen) atoms. The second kappa shape index (κ2) is 6.70. The molecule has 1 heterocycles. The van der Waals surface area contributed by atoms with Gasteiger partial charge in [-0.15, -0.1) is 0 Å². The number of aryl methyl sites for hydroxylation is 2. The summed E-state index contributed by atoms with van der Waals surface area (Å²) in [6.45, 7) is 5.04. The van der Waals surface area contributed by atoms with Gasteiger partial charge in [-0.05, 0) is 51.2 Å². The van der Waals surface area contributed by atoms with Gasteiger partial charge in [0.05, 0.1) is 12.2 Å². The lowest BCUT2D eigenvalue weighted by Crippen LogP contribution is -2.23. The van der Waals surface area contributed by atoms with Crippen LogP contribution in [0, 0.1) is 5.41 Å². The molecule has 5 nitrogen and oxygen atoms in total. The van der Waals surface area contributed by atoms with Gasteiger partial charge in [0.25, 0.3) is 0 Å². The van der Waals surface area contributed by atoms with E-state index in [0.717, 1.165) is 25.0 Å². The highest BCUT2D eigenvalue weighted by Crippen LogP contribution is 2.26. The molecule has 0 radical (unpaired) electrons. The normalized spacial score (nSPS) is 15.5. The molecule has 0 bridgehead atoms. The van der Waals surface area contributed by atoms with Gasteiger partial charge in [0.1, 0.15) is 11.9 Å². The van der Waals surface area contributed by atoms with Crippen molar-refractivity contribution in [3.8, 4) is 5.88 Å². The van der Waals surface area contributed by atoms with Crippen molar-refractivity contribution in [1.82, 2.24) is 4.98 Å². The molecule has 0 saturated heterocycles. The zero-order valence-electron chi connectivity index (χ0n) is 12.2. The van der Waals surface area contributed by atoms with E-state index in [1.54, 1.807) is 0 Å². The molecule has 1 aliphatic carbocycles. The van der Waals surface area contributed by atoms with Crippen LogP contribution in [0.2, 0.25) is 0 Å². The van der Waals surface area contributed by atoms with Crippen LogP contribution >= 0.6 is 0 Å². The maximum absolute atomic E-state index is 7.70. The number of amidine groups is 1. The van der Waals surface area contributed by atoms with Crippen molar-refractivity contribution in [3.05, 3.63) is 22.9 Å². The predicted molar refractivity (Wildman–Crippen MR) is 78.5 cm³/mol. The van der Waals surface area contributed by atoms with Crippen LogP contribution in [0.3, 0.4) is 0 Å². The van der Waals surface area contributed by atoms with Crippen LogP contribution in [0.25, 0.3) is 0 Å². The molecule has 1 unspecified atom stereocenters. The van der Waals surface area contributed by atoms with Gasteiger partial charge in [0.2, 0.25) is 5.88 Å². The lowest BCUT2D eigenvalue weighted by atomic mass is 9.95. The maximum atomic E-state index is 7.70. The van der Waals surface area contributed by atoms with Gasteiger partial charge in [0, 0.05) is 12.3 Å². The molecular weight excluding hydrogens is 254 g/mol. The fraction of sp³-hybridized carbons (Fsp3) is 0.600. The van der Waals surface area contributed by atoms with Crippen molar-refractivity contribution in [2.45, 2.75) is 45.6 Å². The van der Waals surface area contributed by atoms with E-state index in [1.165, 1.54) is 12.0 Å². The molecule has 110 valence electrons. The summed E-state index contributed by atoms with van der Waals surface area (Å²) in [5, 5.41) is 7.70. The average Bonchev–Trinajstić information content (AvgIpc) is 2.44. The first-order chi connectivity index (χ1) is 9.61. The number of nitrogens with two attached hydrogens (primary N) is 1. The van der Waals surface area contributed by atoms with Gasteiger partial charge < -0.3 is 15.2 Å². The number of pyridine rings is 1. The molecule has 0 aromatic carbocycles. The number of nitrogens with one attached hydrogen (secondary N) is 1. The van der Waals surface area contributed by atoms with Crippen molar-refractivity contribution in [3.63, 3.8) is 0 Å². The van der Waals surface area contributed by atoms with Crippen molar-refractivity contribution >= 4 is 5.84 Å². The molecule has 1 aliphatic rings. The molecule has 1 aromatic heterocycles. The van der Waals surface area contributed by atoms with E-state index in [4.69, 9.17) is 20.6 Å². The van der Waals surface area contributed by atoms with Crippen LogP contribution in [-0.4, -0.2) is 30.1 Å². The molecule has 0 fully saturated rings. The van der Waals surface area contributed by atoms with Crippen molar-refractivity contribution < 1.29 is 9.47 Å². The van der Waals surface area contributed by atoms with Crippen LogP contribution in [0.15, 0.2) is 6.07 Å². The molecule has 0 spiro atoms. The number of fused-ring (bicyclic) bond motifs is 1. The van der Waals surface area contributed by atoms with Crippen LogP contribution < -0.4 is 10.5 Å². The van der Waals surface area contributed by atoms with E-state index in [9.17, 15) is 0 Å². The molecule has 0 aliphatic heterocycles. The number of nitrogens with zero attached hydrogens (tertiary/aromatic N) is 1. The molecular formula is C15H23N3O2. The largest absolute Gasteiger partial charge is 0.472 e. The summed E-state index contributed by atoms with van der Waals surface area (Å²) < 4.78 is 11.2. The molecule has 0 amide bonds. The van der Waals surface area contributed by atoms with Crippen LogP contribution in [-0.2, 0) is 17.6 Å². The Morgan fingerprint density at radius 3 is 2.90 bits per heavy atom. The molecule has 1 atom stereocenters. The third-order valence-corrected chi connectivity index (χ3v) is 3.43. The number of ether oxygens (including phenoxy) is 2. The maximum Gasteiger partial charge on any atom is 0.225 e. The Bertz CT molecular complexity index is 488. The Balaban J connectivity index is 2.23. The number of rotatable bonds is 6. The summed E-state index contributed by atoms with van der Waals surface area (Å²) in [5.74, 6) is 0.467. The van der Waals surface area contributed by atoms with E-state index >= 15 is 0 Å². The Hall–Kier alpha value is -1.62. The van der Waals surface area contributed by atoms with Gasteiger partial charge >= 0.3 is 0 Å². The minimum atomic E-state index is -0.109. The van der Waals surface area contributed by atoms with Crippen LogP contribution in [0.4, 0.5) is 0 Å². The van der Waals surface area contributed by atoms with Crippen molar-refractivity contribution in [1.29, 1.82) is 5.41 Å². The molecule has 2 rings (SSSR count). The monoisotopic (exact) mass is 277 g/mol. The zero-order valence-corrected chi connectivity index (χ0v) is 12.2. The first kappa shape index (κ1) is 14.8. The van der Waals surface area contributed by atoms with Gasteiger partial charge in [-0.25, -0.2) is 4.98 Å². The topological polar surface area (TPSA) is 81.2 Å². The van der Waals surface area contributed by atoms with Crippen molar-refractivity contribution in [2.75, 3.05) is 13.2 Å². The quantitative estimate of drug-likeness (QED) is 0.616. The third kappa shape index (κ3) is 3.48. The number of aromatic nitrogens is 1. The Morgan fingerprint density at radius 1 is 1.45 bits per heavy atom. The van der Waals surface area contributed by atoms with E-state index in [0.29, 0.717) is 24.7 Å². The van der Waals surface area contributed by atoms with E-state index in [2.05, 4.69) is 4.98 Å². The zero-order chi connectivity index (χ0) is 14.5. The molecule has 1 aromatic rings. The van der Waals surface area contributed by atoms with E-state index < -0.39 is 0 Å². The summed E-state index contributed by atoms with van der Waals surface area (Å²) >= 11 is 0. The lowest BCUT2D eigenvalue weighted by molar-refractivity contribution is 0.0631. The first-order valence-electron chi connectivity index (χ1n) is 7.23. The van der Waals surface area contributed by atoms with Crippen LogP contribution in [0.1, 0.15) is 43.5 Å². The second-order valence-electron chi connectivity index (χ2n) is 5.16. The predicted octanol–water partition coefficient (Wildman–Crippen LogP) is 2.05. The summed E-state index contributed by atoms with van der Waals surface area (Å²) in [5.41, 5.74) is 8.53. The van der Waals surface area contributed by atoms with Crippen LogP contribution in [0.5, 0.6) is 5.88 Å². The fourth-order valence-electron chi connectivity index (χ4n) is 2.41. The Labute approximate surface area is 120 Å². The molecule has 0 saturated carbocycles. The number of hydrogen-bond donors (Lipinski definition) is 2. The minimum absolute atomic E-state index is 0.00415. The Kier molecular flexibility index (Phi) is 4.95. The Morgan fingerprint density at radius 2 is 2.20 bits per heavy atom. The highest BCUT2D eigenvalue weighted by atomic mass is 16.5. The van der Waals surface area contributed by atoms with Crippen molar-refractivity contribution in [2.24, 2.45) is 5.73 Å². The van der Waals surface area contributed by atoms with Gasteiger partial charge in [-0.2, -0.15) is 0 Å². The SMILES string of the molecule is CCOCC(C)Oc1nc2c(cc1C(=N)N)CCCC2. The van der Waals surface area contributed by atoms with Gasteiger partial charge in [-0.3, -0.25) is 5.41 Å². The lowest BCUT2D eigenvalue weighted by Gasteiger charge is -2.20. The fourth-order valence-corrected chi connectivity index (χ4v) is 2.41. The number of nitrogen functional groups attached to an aromatic ring is 1. The summed E-state index contributed by atoms with van der Waals surface area (Å²) in [6, 6.07) is 1.96. The smallest absolute Gasteiger partial charge is 0.225 e.